The van der Waals surface area contributed by atoms with E-state index in [4.69, 9.17) is 9.57 Å². The van der Waals surface area contributed by atoms with Crippen LogP contribution in [-0.4, -0.2) is 24.1 Å². The Labute approximate surface area is 135 Å². The number of hydrogen-bond donors (Lipinski definition) is 1. The van der Waals surface area contributed by atoms with Crippen molar-refractivity contribution in [1.29, 1.82) is 0 Å². The van der Waals surface area contributed by atoms with Crippen LogP contribution in [0.2, 0.25) is 0 Å². The Hall–Kier alpha value is -1.10. The third-order valence-electron chi connectivity index (χ3n) is 3.17. The number of hydroxylamine groups is 1. The summed E-state index contributed by atoms with van der Waals surface area (Å²) in [5.74, 6) is -0.650. The van der Waals surface area contributed by atoms with E-state index in [0.717, 1.165) is 12.8 Å². The van der Waals surface area contributed by atoms with Crippen LogP contribution in [0.1, 0.15) is 74.7 Å². The van der Waals surface area contributed by atoms with Gasteiger partial charge in [0.25, 0.3) is 0 Å². The molecule has 0 aromatic heterocycles. The molecule has 0 saturated heterocycles. The molecule has 0 aliphatic heterocycles. The van der Waals surface area contributed by atoms with Crippen molar-refractivity contribution in [1.82, 2.24) is 5.48 Å². The van der Waals surface area contributed by atoms with Gasteiger partial charge >= 0.3 is 11.9 Å². The normalized spacial score (nSPS) is 12.9. The lowest BCUT2D eigenvalue weighted by Gasteiger charge is -2.32. The van der Waals surface area contributed by atoms with E-state index in [1.807, 2.05) is 27.7 Å². The fourth-order valence-corrected chi connectivity index (χ4v) is 2.09. The summed E-state index contributed by atoms with van der Waals surface area (Å²) in [4.78, 5) is 29.6. The molecule has 0 aromatic carbocycles. The van der Waals surface area contributed by atoms with Gasteiger partial charge in [0.15, 0.2) is 0 Å². The molecule has 0 amide bonds. The molecule has 0 fully saturated rings. The van der Waals surface area contributed by atoms with Crippen LogP contribution in [-0.2, 0) is 19.2 Å². The minimum absolute atomic E-state index is 0.273. The van der Waals surface area contributed by atoms with Crippen molar-refractivity contribution in [2.45, 2.75) is 80.2 Å². The summed E-state index contributed by atoms with van der Waals surface area (Å²) < 4.78 is 5.28. The summed E-state index contributed by atoms with van der Waals surface area (Å²) in [6.45, 7) is 15.3. The first-order valence-corrected chi connectivity index (χ1v) is 7.97. The van der Waals surface area contributed by atoms with Gasteiger partial charge in [-0.25, -0.2) is 4.79 Å². The lowest BCUT2D eigenvalue weighted by Crippen LogP contribution is -2.43. The van der Waals surface area contributed by atoms with Gasteiger partial charge in [-0.05, 0) is 61.3 Å². The first-order chi connectivity index (χ1) is 9.82. The van der Waals surface area contributed by atoms with Crippen LogP contribution in [0.4, 0.5) is 0 Å². The molecule has 0 radical (unpaired) electrons. The van der Waals surface area contributed by atoms with Crippen molar-refractivity contribution in [3.8, 4) is 0 Å². The van der Waals surface area contributed by atoms with Crippen LogP contribution in [0.25, 0.3) is 0 Å². The molecule has 0 saturated carbocycles. The number of esters is 1. The molecule has 0 spiro atoms. The SMILES string of the molecule is CCCCOC(=O)C(C)(C)CC(C)(C)C(=O)ONC(C)(C)C. The van der Waals surface area contributed by atoms with E-state index in [9.17, 15) is 9.59 Å². The minimum atomic E-state index is -0.786. The van der Waals surface area contributed by atoms with Gasteiger partial charge in [0.1, 0.15) is 0 Å². The van der Waals surface area contributed by atoms with Crippen molar-refractivity contribution >= 4 is 11.9 Å². The fourth-order valence-electron chi connectivity index (χ4n) is 2.09. The van der Waals surface area contributed by atoms with Crippen LogP contribution in [0.3, 0.4) is 0 Å². The zero-order valence-corrected chi connectivity index (χ0v) is 15.5. The Bertz CT molecular complexity index is 381. The molecule has 0 aliphatic rings. The zero-order valence-electron chi connectivity index (χ0n) is 15.5. The van der Waals surface area contributed by atoms with Crippen LogP contribution >= 0.6 is 0 Å². The molecule has 0 aromatic rings. The number of carbonyl (C=O) groups is 2. The molecule has 0 aliphatic carbocycles. The summed E-state index contributed by atoms with van der Waals surface area (Å²) >= 11 is 0. The average molecular weight is 315 g/mol. The molecule has 130 valence electrons. The van der Waals surface area contributed by atoms with Crippen molar-refractivity contribution in [2.24, 2.45) is 10.8 Å². The predicted molar refractivity (Wildman–Crippen MR) is 87.0 cm³/mol. The van der Waals surface area contributed by atoms with Gasteiger partial charge in [-0.15, -0.1) is 5.48 Å². The number of carbonyl (C=O) groups excluding carboxylic acids is 2. The molecule has 0 atom stereocenters. The first-order valence-electron chi connectivity index (χ1n) is 7.97. The van der Waals surface area contributed by atoms with Gasteiger partial charge in [-0.1, -0.05) is 13.3 Å². The standard InChI is InChI=1S/C17H33NO4/c1-9-10-11-21-13(19)16(5,6)12-17(7,8)14(20)22-18-15(2,3)4/h18H,9-12H2,1-8H3. The van der Waals surface area contributed by atoms with E-state index >= 15 is 0 Å². The van der Waals surface area contributed by atoms with Gasteiger partial charge in [0.05, 0.1) is 17.4 Å². The summed E-state index contributed by atoms with van der Waals surface area (Å²) in [6.07, 6.45) is 2.18. The molecular weight excluding hydrogens is 282 g/mol. The third-order valence-corrected chi connectivity index (χ3v) is 3.17. The van der Waals surface area contributed by atoms with Crippen molar-refractivity contribution in [3.05, 3.63) is 0 Å². The Morgan fingerprint density at radius 1 is 0.909 bits per heavy atom. The predicted octanol–water partition coefficient (Wildman–Crippen LogP) is 3.62. The highest BCUT2D eigenvalue weighted by molar-refractivity contribution is 5.80. The largest absolute Gasteiger partial charge is 0.465 e. The number of rotatable bonds is 8. The molecule has 5 nitrogen and oxygen atoms in total. The molecular formula is C17H33NO4. The maximum Gasteiger partial charge on any atom is 0.330 e. The fraction of sp³-hybridized carbons (Fsp3) is 0.882. The third kappa shape index (κ3) is 7.78. The van der Waals surface area contributed by atoms with E-state index in [0.29, 0.717) is 13.0 Å². The molecule has 0 heterocycles. The molecule has 0 bridgehead atoms. The molecule has 22 heavy (non-hydrogen) atoms. The Morgan fingerprint density at radius 3 is 1.86 bits per heavy atom. The summed E-state index contributed by atoms with van der Waals surface area (Å²) in [5, 5.41) is 0. The highest BCUT2D eigenvalue weighted by Crippen LogP contribution is 2.35. The maximum atomic E-state index is 12.2. The summed E-state index contributed by atoms with van der Waals surface area (Å²) in [5.41, 5.74) is 0.876. The topological polar surface area (TPSA) is 64.6 Å². The van der Waals surface area contributed by atoms with Gasteiger partial charge in [0.2, 0.25) is 0 Å². The second-order valence-electron chi connectivity index (χ2n) is 8.18. The van der Waals surface area contributed by atoms with E-state index < -0.39 is 10.8 Å². The highest BCUT2D eigenvalue weighted by atomic mass is 16.7. The van der Waals surface area contributed by atoms with E-state index in [1.165, 1.54) is 0 Å². The van der Waals surface area contributed by atoms with E-state index in [-0.39, 0.29) is 17.5 Å². The van der Waals surface area contributed by atoms with Crippen LogP contribution in [0.15, 0.2) is 0 Å². The summed E-state index contributed by atoms with van der Waals surface area (Å²) in [7, 11) is 0. The van der Waals surface area contributed by atoms with E-state index in [1.54, 1.807) is 27.7 Å². The minimum Gasteiger partial charge on any atom is -0.465 e. The monoisotopic (exact) mass is 315 g/mol. The van der Waals surface area contributed by atoms with Gasteiger partial charge in [-0.2, -0.15) is 0 Å². The van der Waals surface area contributed by atoms with Crippen molar-refractivity contribution in [3.63, 3.8) is 0 Å². The highest BCUT2D eigenvalue weighted by Gasteiger charge is 2.41. The smallest absolute Gasteiger partial charge is 0.330 e. The lowest BCUT2D eigenvalue weighted by molar-refractivity contribution is -0.170. The zero-order chi connectivity index (χ0) is 17.6. The Balaban J connectivity index is 4.65. The number of nitrogens with one attached hydrogen (secondary N) is 1. The Kier molecular flexibility index (Phi) is 7.55. The number of ether oxygens (including phenoxy) is 1. The number of unbranched alkanes of at least 4 members (excludes halogenated alkanes) is 1. The van der Waals surface area contributed by atoms with E-state index in [2.05, 4.69) is 5.48 Å². The van der Waals surface area contributed by atoms with Crippen LogP contribution < -0.4 is 5.48 Å². The maximum absolute atomic E-state index is 12.2. The van der Waals surface area contributed by atoms with Crippen LogP contribution in [0.5, 0.6) is 0 Å². The lowest BCUT2D eigenvalue weighted by atomic mass is 9.75. The molecule has 0 rings (SSSR count). The second kappa shape index (κ2) is 7.95. The molecule has 5 heteroatoms. The molecule has 1 N–H and O–H groups in total. The van der Waals surface area contributed by atoms with Crippen molar-refractivity contribution in [2.75, 3.05) is 6.61 Å². The van der Waals surface area contributed by atoms with Gasteiger partial charge in [0, 0.05) is 5.54 Å². The number of hydrogen-bond acceptors (Lipinski definition) is 5. The van der Waals surface area contributed by atoms with Gasteiger partial charge in [-0.3, -0.25) is 4.79 Å². The second-order valence-corrected chi connectivity index (χ2v) is 8.18. The quantitative estimate of drug-likeness (QED) is 0.421. The summed E-state index contributed by atoms with van der Waals surface area (Å²) in [6, 6.07) is 0. The van der Waals surface area contributed by atoms with Crippen molar-refractivity contribution < 1.29 is 19.2 Å². The van der Waals surface area contributed by atoms with Gasteiger partial charge < -0.3 is 9.57 Å². The molecule has 0 unspecified atom stereocenters. The average Bonchev–Trinajstić information content (AvgIpc) is 2.33. The first kappa shape index (κ1) is 20.9. The van der Waals surface area contributed by atoms with Crippen LogP contribution in [0, 0.1) is 10.8 Å². The Morgan fingerprint density at radius 2 is 1.41 bits per heavy atom.